The Kier molecular flexibility index (Phi) is 4.97. The minimum Gasteiger partial charge on any atom is -0.458 e. The molecule has 3 nitrogen and oxygen atoms in total. The maximum Gasteiger partial charge on any atom is 0.307 e. The minimum absolute atomic E-state index is 0.211. The quantitative estimate of drug-likeness (QED) is 0.755. The van der Waals surface area contributed by atoms with Gasteiger partial charge in [0.2, 0.25) is 0 Å². The van der Waals surface area contributed by atoms with Gasteiger partial charge in [-0.1, -0.05) is 38.5 Å². The van der Waals surface area contributed by atoms with Crippen molar-refractivity contribution in [3.63, 3.8) is 0 Å². The Morgan fingerprint density at radius 1 is 1.30 bits per heavy atom. The molecular formula is C16H22O3S. The van der Waals surface area contributed by atoms with Crippen LogP contribution in [0.25, 0.3) is 0 Å². The molecule has 0 bridgehead atoms. The predicted octanol–water partition coefficient (Wildman–Crippen LogP) is 3.45. The van der Waals surface area contributed by atoms with Gasteiger partial charge in [0, 0.05) is 4.90 Å². The number of ether oxygens (including phenoxy) is 1. The van der Waals surface area contributed by atoms with Crippen LogP contribution in [0.4, 0.5) is 0 Å². The van der Waals surface area contributed by atoms with Crippen molar-refractivity contribution in [1.82, 2.24) is 0 Å². The number of unbranched alkanes of at least 4 members (excludes halogenated alkanes) is 1. The number of cyclic esters (lactones) is 1. The zero-order valence-corrected chi connectivity index (χ0v) is 12.9. The lowest BCUT2D eigenvalue weighted by atomic mass is 9.90. The molecule has 1 fully saturated rings. The first-order valence-electron chi connectivity index (χ1n) is 7.30. The van der Waals surface area contributed by atoms with Crippen molar-refractivity contribution >= 4 is 16.8 Å². The van der Waals surface area contributed by atoms with E-state index in [1.807, 2.05) is 37.3 Å². The summed E-state index contributed by atoms with van der Waals surface area (Å²) in [7, 11) is -1.20. The molecule has 4 heteroatoms. The van der Waals surface area contributed by atoms with Crippen LogP contribution in [0, 0.1) is 0 Å². The Hall–Kier alpha value is -1.16. The van der Waals surface area contributed by atoms with Crippen LogP contribution in [-0.4, -0.2) is 21.0 Å². The first-order valence-corrected chi connectivity index (χ1v) is 8.51. The monoisotopic (exact) mass is 294 g/mol. The van der Waals surface area contributed by atoms with Crippen molar-refractivity contribution in [3.05, 3.63) is 30.3 Å². The average Bonchev–Trinajstić information content (AvgIpc) is 2.82. The topological polar surface area (TPSA) is 43.4 Å². The molecule has 20 heavy (non-hydrogen) atoms. The lowest BCUT2D eigenvalue weighted by molar-refractivity contribution is -0.149. The van der Waals surface area contributed by atoms with E-state index < -0.39 is 16.4 Å². The van der Waals surface area contributed by atoms with Crippen LogP contribution in [0.3, 0.4) is 0 Å². The van der Waals surface area contributed by atoms with Gasteiger partial charge >= 0.3 is 5.97 Å². The van der Waals surface area contributed by atoms with E-state index in [2.05, 4.69) is 6.92 Å². The first kappa shape index (κ1) is 15.2. The van der Waals surface area contributed by atoms with E-state index in [0.29, 0.717) is 0 Å². The Morgan fingerprint density at radius 2 is 2.00 bits per heavy atom. The molecule has 1 aliphatic heterocycles. The van der Waals surface area contributed by atoms with Crippen molar-refractivity contribution in [2.75, 3.05) is 0 Å². The highest BCUT2D eigenvalue weighted by atomic mass is 32.2. The van der Waals surface area contributed by atoms with Crippen molar-refractivity contribution in [2.45, 2.75) is 61.7 Å². The summed E-state index contributed by atoms with van der Waals surface area (Å²) in [6, 6.07) is 9.38. The Bertz CT molecular complexity index is 486. The Labute approximate surface area is 123 Å². The highest BCUT2D eigenvalue weighted by molar-refractivity contribution is 7.85. The lowest BCUT2D eigenvalue weighted by Gasteiger charge is -2.32. The van der Waals surface area contributed by atoms with Gasteiger partial charge in [0.05, 0.1) is 22.5 Å². The summed E-state index contributed by atoms with van der Waals surface area (Å²) in [5.74, 6) is -0.211. The van der Waals surface area contributed by atoms with Crippen LogP contribution in [0.2, 0.25) is 0 Å². The Balaban J connectivity index is 2.27. The SMILES string of the molecule is CCCCC1(CC)OC(=O)CC1S(=O)c1ccccc1. The molecule has 3 unspecified atom stereocenters. The zero-order valence-electron chi connectivity index (χ0n) is 12.1. The Morgan fingerprint density at radius 3 is 2.60 bits per heavy atom. The molecular weight excluding hydrogens is 272 g/mol. The molecule has 0 aliphatic carbocycles. The summed E-state index contributed by atoms with van der Waals surface area (Å²) in [5, 5.41) is -0.228. The molecule has 110 valence electrons. The normalized spacial score (nSPS) is 27.3. The number of benzene rings is 1. The number of hydrogen-bond acceptors (Lipinski definition) is 3. The molecule has 2 rings (SSSR count). The molecule has 1 aliphatic rings. The van der Waals surface area contributed by atoms with Crippen LogP contribution in [0.5, 0.6) is 0 Å². The lowest BCUT2D eigenvalue weighted by Crippen LogP contribution is -2.41. The van der Waals surface area contributed by atoms with Gasteiger partial charge in [-0.05, 0) is 31.4 Å². The molecule has 0 amide bonds. The molecule has 1 aromatic rings. The molecule has 1 aromatic carbocycles. The van der Waals surface area contributed by atoms with E-state index >= 15 is 0 Å². The summed E-state index contributed by atoms with van der Waals surface area (Å²) >= 11 is 0. The molecule has 0 radical (unpaired) electrons. The first-order chi connectivity index (χ1) is 9.63. The van der Waals surface area contributed by atoms with Gasteiger partial charge in [-0.25, -0.2) is 0 Å². The molecule has 0 saturated carbocycles. The number of carbonyl (C=O) groups excluding carboxylic acids is 1. The van der Waals surface area contributed by atoms with E-state index in [1.54, 1.807) is 0 Å². The smallest absolute Gasteiger partial charge is 0.307 e. The largest absolute Gasteiger partial charge is 0.458 e. The maximum atomic E-state index is 12.8. The number of rotatable bonds is 6. The minimum atomic E-state index is -1.20. The van der Waals surface area contributed by atoms with Gasteiger partial charge in [-0.15, -0.1) is 0 Å². The summed E-state index contributed by atoms with van der Waals surface area (Å²) in [4.78, 5) is 12.6. The van der Waals surface area contributed by atoms with Gasteiger partial charge in [0.25, 0.3) is 0 Å². The highest BCUT2D eigenvalue weighted by Gasteiger charge is 2.50. The third kappa shape index (κ3) is 2.95. The van der Waals surface area contributed by atoms with Crippen LogP contribution < -0.4 is 0 Å². The summed E-state index contributed by atoms with van der Waals surface area (Å²) < 4.78 is 18.4. The second-order valence-corrected chi connectivity index (χ2v) is 6.93. The van der Waals surface area contributed by atoms with Crippen molar-refractivity contribution in [2.24, 2.45) is 0 Å². The van der Waals surface area contributed by atoms with E-state index in [0.717, 1.165) is 30.6 Å². The second-order valence-electron chi connectivity index (χ2n) is 5.30. The number of carbonyl (C=O) groups is 1. The molecule has 3 atom stereocenters. The van der Waals surface area contributed by atoms with Crippen molar-refractivity contribution < 1.29 is 13.7 Å². The third-order valence-electron chi connectivity index (χ3n) is 4.04. The number of hydrogen-bond donors (Lipinski definition) is 0. The van der Waals surface area contributed by atoms with Crippen LogP contribution in [0.15, 0.2) is 35.2 Å². The fourth-order valence-corrected chi connectivity index (χ4v) is 4.59. The maximum absolute atomic E-state index is 12.8. The average molecular weight is 294 g/mol. The predicted molar refractivity (Wildman–Crippen MR) is 79.9 cm³/mol. The number of esters is 1. The van der Waals surface area contributed by atoms with Crippen LogP contribution in [0.1, 0.15) is 46.0 Å². The molecule has 0 spiro atoms. The molecule has 1 saturated heterocycles. The summed E-state index contributed by atoms with van der Waals surface area (Å²) in [6.07, 6.45) is 3.82. The third-order valence-corrected chi connectivity index (χ3v) is 5.89. The highest BCUT2D eigenvalue weighted by Crippen LogP contribution is 2.39. The van der Waals surface area contributed by atoms with Gasteiger partial charge in [0.1, 0.15) is 5.60 Å². The standard InChI is InChI=1S/C16H22O3S/c1-3-5-11-16(4-2)14(12-15(17)19-16)20(18)13-9-7-6-8-10-13/h6-10,14H,3-5,11-12H2,1-2H3. The fourth-order valence-electron chi connectivity index (χ4n) is 2.83. The van der Waals surface area contributed by atoms with Gasteiger partial charge in [-0.3, -0.25) is 9.00 Å². The van der Waals surface area contributed by atoms with Crippen molar-refractivity contribution in [1.29, 1.82) is 0 Å². The van der Waals surface area contributed by atoms with Crippen molar-refractivity contribution in [3.8, 4) is 0 Å². The van der Waals surface area contributed by atoms with E-state index in [1.165, 1.54) is 0 Å². The molecule has 1 heterocycles. The van der Waals surface area contributed by atoms with Crippen LogP contribution in [-0.2, 0) is 20.3 Å². The van der Waals surface area contributed by atoms with Gasteiger partial charge < -0.3 is 4.74 Å². The van der Waals surface area contributed by atoms with Crippen LogP contribution >= 0.6 is 0 Å². The zero-order chi connectivity index (χ0) is 14.6. The molecule has 0 aromatic heterocycles. The van der Waals surface area contributed by atoms with Gasteiger partial charge in [-0.2, -0.15) is 0 Å². The summed E-state index contributed by atoms with van der Waals surface area (Å²) in [6.45, 7) is 4.13. The van der Waals surface area contributed by atoms with E-state index in [4.69, 9.17) is 4.74 Å². The van der Waals surface area contributed by atoms with Gasteiger partial charge in [0.15, 0.2) is 0 Å². The summed E-state index contributed by atoms with van der Waals surface area (Å²) in [5.41, 5.74) is -0.548. The van der Waals surface area contributed by atoms with E-state index in [9.17, 15) is 9.00 Å². The molecule has 0 N–H and O–H groups in total. The van der Waals surface area contributed by atoms with E-state index in [-0.39, 0.29) is 17.6 Å². The second kappa shape index (κ2) is 6.53. The fraction of sp³-hybridized carbons (Fsp3) is 0.562.